The molecule has 3 heteroatoms. The van der Waals surface area contributed by atoms with E-state index in [2.05, 4.69) is 10.3 Å². The largest absolute Gasteiger partial charge is 0.387 e. The summed E-state index contributed by atoms with van der Waals surface area (Å²) in [6.07, 6.45) is 7.80. The van der Waals surface area contributed by atoms with Crippen molar-refractivity contribution in [3.63, 3.8) is 0 Å². The summed E-state index contributed by atoms with van der Waals surface area (Å²) in [6, 6.07) is 4.00. The molecule has 2 rings (SSSR count). The van der Waals surface area contributed by atoms with Crippen LogP contribution in [0.15, 0.2) is 24.5 Å². The fourth-order valence-electron chi connectivity index (χ4n) is 2.11. The Hall–Kier alpha value is -0.930. The van der Waals surface area contributed by atoms with E-state index >= 15 is 0 Å². The van der Waals surface area contributed by atoms with E-state index in [-0.39, 0.29) is 6.04 Å². The van der Waals surface area contributed by atoms with E-state index < -0.39 is 6.10 Å². The van der Waals surface area contributed by atoms with E-state index in [0.717, 1.165) is 18.5 Å². The molecule has 3 nitrogen and oxygen atoms in total. The molecule has 0 spiro atoms. The van der Waals surface area contributed by atoms with Gasteiger partial charge in [-0.25, -0.2) is 0 Å². The number of pyridine rings is 1. The lowest BCUT2D eigenvalue weighted by atomic mass is 10.00. The zero-order valence-corrected chi connectivity index (χ0v) is 8.89. The number of hydrogen-bond acceptors (Lipinski definition) is 3. The molecule has 0 saturated carbocycles. The third kappa shape index (κ3) is 2.76. The lowest BCUT2D eigenvalue weighted by Crippen LogP contribution is -2.34. The van der Waals surface area contributed by atoms with Crippen molar-refractivity contribution in [1.29, 1.82) is 0 Å². The molecule has 2 N–H and O–H groups in total. The number of aromatic nitrogens is 1. The highest BCUT2D eigenvalue weighted by atomic mass is 16.3. The second kappa shape index (κ2) is 5.24. The average molecular weight is 206 g/mol. The zero-order chi connectivity index (χ0) is 10.5. The Bertz CT molecular complexity index is 281. The highest BCUT2D eigenvalue weighted by Crippen LogP contribution is 2.21. The molecule has 82 valence electrons. The molecule has 0 aromatic carbocycles. The van der Waals surface area contributed by atoms with Gasteiger partial charge < -0.3 is 10.4 Å². The van der Waals surface area contributed by atoms with E-state index in [0.29, 0.717) is 0 Å². The van der Waals surface area contributed by atoms with Crippen LogP contribution in [0.5, 0.6) is 0 Å². The molecule has 1 aliphatic heterocycles. The van der Waals surface area contributed by atoms with Gasteiger partial charge in [-0.1, -0.05) is 18.9 Å². The molecule has 1 aromatic rings. The fourth-order valence-corrected chi connectivity index (χ4v) is 2.11. The molecule has 1 fully saturated rings. The summed E-state index contributed by atoms with van der Waals surface area (Å²) < 4.78 is 0. The Morgan fingerprint density at radius 3 is 3.13 bits per heavy atom. The number of aliphatic hydroxyl groups is 1. The van der Waals surface area contributed by atoms with Crippen LogP contribution in [0.1, 0.15) is 37.4 Å². The first-order valence-corrected chi connectivity index (χ1v) is 5.69. The molecule has 0 amide bonds. The minimum Gasteiger partial charge on any atom is -0.387 e. The van der Waals surface area contributed by atoms with Crippen LogP contribution < -0.4 is 5.32 Å². The molecule has 0 radical (unpaired) electrons. The van der Waals surface area contributed by atoms with E-state index in [1.807, 2.05) is 12.1 Å². The SMILES string of the molecule is OC(c1cccnc1)C1CCCCCN1. The molecular formula is C12H18N2O. The van der Waals surface area contributed by atoms with Crippen molar-refractivity contribution in [3.8, 4) is 0 Å². The molecule has 0 aliphatic carbocycles. The second-order valence-electron chi connectivity index (χ2n) is 4.14. The molecule has 0 bridgehead atoms. The maximum Gasteiger partial charge on any atom is 0.0957 e. The molecule has 15 heavy (non-hydrogen) atoms. The molecular weight excluding hydrogens is 188 g/mol. The number of nitrogens with one attached hydrogen (secondary N) is 1. The summed E-state index contributed by atoms with van der Waals surface area (Å²) in [5.74, 6) is 0. The second-order valence-corrected chi connectivity index (χ2v) is 4.14. The van der Waals surface area contributed by atoms with Gasteiger partial charge in [0.25, 0.3) is 0 Å². The van der Waals surface area contributed by atoms with Crippen LogP contribution in [-0.4, -0.2) is 22.7 Å². The van der Waals surface area contributed by atoms with Crippen molar-refractivity contribution in [2.75, 3.05) is 6.54 Å². The van der Waals surface area contributed by atoms with Crippen LogP contribution in [0.25, 0.3) is 0 Å². The van der Waals surface area contributed by atoms with Crippen molar-refractivity contribution in [1.82, 2.24) is 10.3 Å². The van der Waals surface area contributed by atoms with Gasteiger partial charge in [0.15, 0.2) is 0 Å². The first-order chi connectivity index (χ1) is 7.38. The molecule has 2 unspecified atom stereocenters. The Morgan fingerprint density at radius 2 is 2.33 bits per heavy atom. The number of nitrogens with zero attached hydrogens (tertiary/aromatic N) is 1. The first kappa shape index (κ1) is 10.6. The van der Waals surface area contributed by atoms with Gasteiger partial charge in [0.05, 0.1) is 6.10 Å². The smallest absolute Gasteiger partial charge is 0.0957 e. The predicted octanol–water partition coefficient (Wildman–Crippen LogP) is 1.65. The van der Waals surface area contributed by atoms with Gasteiger partial charge in [0, 0.05) is 24.0 Å². The van der Waals surface area contributed by atoms with Gasteiger partial charge in [-0.15, -0.1) is 0 Å². The van der Waals surface area contributed by atoms with Crippen molar-refractivity contribution < 1.29 is 5.11 Å². The minimum atomic E-state index is -0.420. The van der Waals surface area contributed by atoms with Crippen molar-refractivity contribution in [3.05, 3.63) is 30.1 Å². The van der Waals surface area contributed by atoms with E-state index in [4.69, 9.17) is 0 Å². The zero-order valence-electron chi connectivity index (χ0n) is 8.89. The summed E-state index contributed by atoms with van der Waals surface area (Å²) in [5, 5.41) is 13.6. The van der Waals surface area contributed by atoms with Gasteiger partial charge in [-0.3, -0.25) is 4.98 Å². The van der Waals surface area contributed by atoms with Crippen molar-refractivity contribution in [2.24, 2.45) is 0 Å². The quantitative estimate of drug-likeness (QED) is 0.773. The monoisotopic (exact) mass is 206 g/mol. The van der Waals surface area contributed by atoms with E-state index in [1.165, 1.54) is 19.3 Å². The van der Waals surface area contributed by atoms with Crippen LogP contribution in [0.3, 0.4) is 0 Å². The Balaban J connectivity index is 2.03. The number of aliphatic hydroxyl groups excluding tert-OH is 1. The summed E-state index contributed by atoms with van der Waals surface area (Å²) in [5.41, 5.74) is 0.914. The lowest BCUT2D eigenvalue weighted by Gasteiger charge is -2.22. The number of hydrogen-bond donors (Lipinski definition) is 2. The molecule has 1 aliphatic rings. The van der Waals surface area contributed by atoms with Crippen LogP contribution in [0.2, 0.25) is 0 Å². The topological polar surface area (TPSA) is 45.2 Å². The predicted molar refractivity (Wildman–Crippen MR) is 59.5 cm³/mol. The van der Waals surface area contributed by atoms with E-state index in [9.17, 15) is 5.11 Å². The highest BCUT2D eigenvalue weighted by molar-refractivity contribution is 5.13. The third-order valence-electron chi connectivity index (χ3n) is 3.01. The maximum absolute atomic E-state index is 10.2. The summed E-state index contributed by atoms with van der Waals surface area (Å²) >= 11 is 0. The van der Waals surface area contributed by atoms with Crippen molar-refractivity contribution in [2.45, 2.75) is 37.8 Å². The van der Waals surface area contributed by atoms with Crippen LogP contribution in [-0.2, 0) is 0 Å². The normalized spacial score (nSPS) is 24.5. The minimum absolute atomic E-state index is 0.191. The van der Waals surface area contributed by atoms with Gasteiger partial charge in [0.2, 0.25) is 0 Å². The van der Waals surface area contributed by atoms with Crippen LogP contribution in [0, 0.1) is 0 Å². The Morgan fingerprint density at radius 1 is 1.40 bits per heavy atom. The summed E-state index contributed by atoms with van der Waals surface area (Å²) in [7, 11) is 0. The van der Waals surface area contributed by atoms with E-state index in [1.54, 1.807) is 12.4 Å². The van der Waals surface area contributed by atoms with Gasteiger partial charge in [-0.2, -0.15) is 0 Å². The van der Waals surface area contributed by atoms with Gasteiger partial charge >= 0.3 is 0 Å². The Labute approximate surface area is 90.5 Å². The average Bonchev–Trinajstić information content (AvgIpc) is 2.58. The first-order valence-electron chi connectivity index (χ1n) is 5.69. The standard InChI is InChI=1S/C12H18N2O/c15-12(10-5-4-7-13-9-10)11-6-2-1-3-8-14-11/h4-5,7,9,11-12,14-15H,1-3,6,8H2. The lowest BCUT2D eigenvalue weighted by molar-refractivity contribution is 0.126. The van der Waals surface area contributed by atoms with Gasteiger partial charge in [-0.05, 0) is 25.5 Å². The molecule has 1 aromatic heterocycles. The van der Waals surface area contributed by atoms with Gasteiger partial charge in [0.1, 0.15) is 0 Å². The van der Waals surface area contributed by atoms with Crippen LogP contribution in [0.4, 0.5) is 0 Å². The maximum atomic E-state index is 10.2. The highest BCUT2D eigenvalue weighted by Gasteiger charge is 2.21. The summed E-state index contributed by atoms with van der Waals surface area (Å²) in [4.78, 5) is 4.04. The van der Waals surface area contributed by atoms with Crippen molar-refractivity contribution >= 4 is 0 Å². The molecule has 2 heterocycles. The van der Waals surface area contributed by atoms with Crippen LogP contribution >= 0.6 is 0 Å². The molecule has 1 saturated heterocycles. The fraction of sp³-hybridized carbons (Fsp3) is 0.583. The number of rotatable bonds is 2. The molecule has 2 atom stereocenters. The Kier molecular flexibility index (Phi) is 3.69. The third-order valence-corrected chi connectivity index (χ3v) is 3.01. The summed E-state index contributed by atoms with van der Waals surface area (Å²) in [6.45, 7) is 1.02.